The Morgan fingerprint density at radius 1 is 1.37 bits per heavy atom. The van der Waals surface area contributed by atoms with Crippen LogP contribution in [0.15, 0.2) is 6.07 Å². The lowest BCUT2D eigenvalue weighted by Crippen LogP contribution is -2.29. The summed E-state index contributed by atoms with van der Waals surface area (Å²) in [6.07, 6.45) is -0.00123. The molecule has 1 aliphatic heterocycles. The summed E-state index contributed by atoms with van der Waals surface area (Å²) in [5, 5.41) is 0. The van der Waals surface area contributed by atoms with Crippen LogP contribution in [0.25, 0.3) is 0 Å². The molecule has 1 fully saturated rings. The van der Waals surface area contributed by atoms with Crippen LogP contribution in [-0.4, -0.2) is 56.7 Å². The van der Waals surface area contributed by atoms with E-state index in [9.17, 15) is 4.79 Å². The quantitative estimate of drug-likeness (QED) is 0.781. The summed E-state index contributed by atoms with van der Waals surface area (Å²) in [6, 6.07) is 1.62. The van der Waals surface area contributed by atoms with E-state index >= 15 is 0 Å². The van der Waals surface area contributed by atoms with E-state index in [4.69, 9.17) is 32.7 Å². The second-order valence-electron chi connectivity index (χ2n) is 4.40. The number of ketones is 1. The fraction of sp³-hybridized carbons (Fsp3) is 0.583. The smallest absolute Gasteiger partial charge is 0.179 e. The van der Waals surface area contributed by atoms with Crippen LogP contribution in [-0.2, 0) is 9.47 Å². The molecule has 2 unspecified atom stereocenters. The summed E-state index contributed by atoms with van der Waals surface area (Å²) in [6.45, 7) is 1.65. The molecule has 0 spiro atoms. The van der Waals surface area contributed by atoms with Gasteiger partial charge in [-0.15, -0.1) is 11.3 Å². The highest BCUT2D eigenvalue weighted by molar-refractivity contribution is 7.20. The van der Waals surface area contributed by atoms with Crippen LogP contribution in [0.3, 0.4) is 0 Å². The van der Waals surface area contributed by atoms with Gasteiger partial charge in [-0.05, 0) is 6.07 Å². The Morgan fingerprint density at radius 2 is 1.95 bits per heavy atom. The van der Waals surface area contributed by atoms with Gasteiger partial charge in [-0.1, -0.05) is 23.2 Å². The number of methoxy groups -OCH3 is 2. The van der Waals surface area contributed by atoms with E-state index in [-0.39, 0.29) is 18.0 Å². The number of likely N-dealkylation sites (tertiary alicyclic amines) is 1. The third-order valence-electron chi connectivity index (χ3n) is 3.22. The number of hydrogen-bond acceptors (Lipinski definition) is 5. The first-order chi connectivity index (χ1) is 9.05. The number of carbonyl (C=O) groups is 1. The number of ether oxygens (including phenoxy) is 2. The standard InChI is InChI=1S/C12H15Cl2NO3S/c1-17-9-5-15(6-10(9)18-2)4-8(16)7-3-11(13)19-12(7)14/h3,9-10H,4-6H2,1-2H3. The van der Waals surface area contributed by atoms with E-state index < -0.39 is 0 Å². The summed E-state index contributed by atoms with van der Waals surface area (Å²) in [7, 11) is 3.30. The molecule has 0 aliphatic carbocycles. The van der Waals surface area contributed by atoms with Crippen molar-refractivity contribution in [2.75, 3.05) is 33.9 Å². The van der Waals surface area contributed by atoms with E-state index in [1.54, 1.807) is 20.3 Å². The van der Waals surface area contributed by atoms with Crippen molar-refractivity contribution in [3.63, 3.8) is 0 Å². The maximum atomic E-state index is 12.2. The lowest BCUT2D eigenvalue weighted by atomic mass is 10.2. The van der Waals surface area contributed by atoms with Crippen molar-refractivity contribution < 1.29 is 14.3 Å². The Bertz CT molecular complexity index is 454. The van der Waals surface area contributed by atoms with Crippen molar-refractivity contribution in [1.29, 1.82) is 0 Å². The third kappa shape index (κ3) is 3.48. The lowest BCUT2D eigenvalue weighted by molar-refractivity contribution is -0.00461. The zero-order chi connectivity index (χ0) is 14.0. The molecular formula is C12H15Cl2NO3S. The molecule has 0 bridgehead atoms. The molecule has 1 aromatic rings. The van der Waals surface area contributed by atoms with Gasteiger partial charge in [0.2, 0.25) is 0 Å². The Labute approximate surface area is 126 Å². The van der Waals surface area contributed by atoms with Gasteiger partial charge < -0.3 is 9.47 Å². The number of nitrogens with zero attached hydrogens (tertiary/aromatic N) is 1. The van der Waals surface area contributed by atoms with Gasteiger partial charge >= 0.3 is 0 Å². The first kappa shape index (κ1) is 15.2. The minimum Gasteiger partial charge on any atom is -0.377 e. The highest BCUT2D eigenvalue weighted by atomic mass is 35.5. The molecule has 0 aromatic carbocycles. The molecule has 1 saturated heterocycles. The van der Waals surface area contributed by atoms with E-state index in [1.807, 2.05) is 4.90 Å². The molecule has 4 nitrogen and oxygen atoms in total. The van der Waals surface area contributed by atoms with Gasteiger partial charge in [0, 0.05) is 27.3 Å². The molecular weight excluding hydrogens is 309 g/mol. The molecule has 19 heavy (non-hydrogen) atoms. The van der Waals surface area contributed by atoms with Gasteiger partial charge in [0.05, 0.1) is 28.7 Å². The minimum atomic E-state index is -0.0280. The second-order valence-corrected chi connectivity index (χ2v) is 6.69. The zero-order valence-electron chi connectivity index (χ0n) is 10.7. The predicted octanol–water partition coefficient (Wildman–Crippen LogP) is 2.58. The van der Waals surface area contributed by atoms with Crippen LogP contribution >= 0.6 is 34.5 Å². The van der Waals surface area contributed by atoms with Crippen molar-refractivity contribution in [2.45, 2.75) is 12.2 Å². The molecule has 7 heteroatoms. The Hall–Kier alpha value is -0.170. The summed E-state index contributed by atoms with van der Waals surface area (Å²) >= 11 is 13.0. The van der Waals surface area contributed by atoms with E-state index in [0.29, 0.717) is 33.9 Å². The normalized spacial score (nSPS) is 24.0. The molecule has 2 heterocycles. The average Bonchev–Trinajstić information content (AvgIpc) is 2.92. The van der Waals surface area contributed by atoms with E-state index in [2.05, 4.69) is 0 Å². The van der Waals surface area contributed by atoms with Crippen LogP contribution in [0.4, 0.5) is 0 Å². The van der Waals surface area contributed by atoms with Gasteiger partial charge in [0.15, 0.2) is 5.78 Å². The zero-order valence-corrected chi connectivity index (χ0v) is 13.0. The van der Waals surface area contributed by atoms with Crippen LogP contribution < -0.4 is 0 Å². The topological polar surface area (TPSA) is 38.8 Å². The molecule has 0 N–H and O–H groups in total. The highest BCUT2D eigenvalue weighted by Gasteiger charge is 2.34. The summed E-state index contributed by atoms with van der Waals surface area (Å²) in [4.78, 5) is 14.2. The number of Topliss-reactive ketones (excluding diaryl/α,β-unsaturated/α-hetero) is 1. The van der Waals surface area contributed by atoms with Gasteiger partial charge in [-0.3, -0.25) is 9.69 Å². The lowest BCUT2D eigenvalue weighted by Gasteiger charge is -2.13. The fourth-order valence-corrected chi connectivity index (χ4v) is 3.72. The summed E-state index contributed by atoms with van der Waals surface area (Å²) in [5.41, 5.74) is 0.492. The first-order valence-electron chi connectivity index (χ1n) is 5.81. The molecule has 0 amide bonds. The Morgan fingerprint density at radius 3 is 2.37 bits per heavy atom. The van der Waals surface area contributed by atoms with Gasteiger partial charge in [-0.25, -0.2) is 0 Å². The van der Waals surface area contributed by atoms with Crippen LogP contribution in [0.1, 0.15) is 10.4 Å². The van der Waals surface area contributed by atoms with Crippen molar-refractivity contribution in [2.24, 2.45) is 0 Å². The summed E-state index contributed by atoms with van der Waals surface area (Å²) < 4.78 is 11.6. The van der Waals surface area contributed by atoms with Gasteiger partial charge in [-0.2, -0.15) is 0 Å². The largest absolute Gasteiger partial charge is 0.377 e. The minimum absolute atomic E-state index is 0.000616. The number of rotatable bonds is 5. The van der Waals surface area contributed by atoms with Crippen LogP contribution in [0.2, 0.25) is 8.67 Å². The number of halogens is 2. The summed E-state index contributed by atoms with van der Waals surface area (Å²) in [5.74, 6) is -0.0280. The molecule has 106 valence electrons. The number of carbonyl (C=O) groups excluding carboxylic acids is 1. The SMILES string of the molecule is COC1CN(CC(=O)c2cc(Cl)sc2Cl)CC1OC. The molecule has 2 rings (SSSR count). The monoisotopic (exact) mass is 323 g/mol. The Balaban J connectivity index is 1.99. The second kappa shape index (κ2) is 6.52. The molecule has 2 atom stereocenters. The van der Waals surface area contributed by atoms with Crippen molar-refractivity contribution >= 4 is 40.3 Å². The van der Waals surface area contributed by atoms with Crippen molar-refractivity contribution in [1.82, 2.24) is 4.90 Å². The van der Waals surface area contributed by atoms with Crippen LogP contribution in [0, 0.1) is 0 Å². The Kier molecular flexibility index (Phi) is 5.22. The van der Waals surface area contributed by atoms with Crippen molar-refractivity contribution in [3.05, 3.63) is 20.3 Å². The maximum Gasteiger partial charge on any atom is 0.179 e. The molecule has 0 radical (unpaired) electrons. The number of hydrogen-bond donors (Lipinski definition) is 0. The molecule has 0 saturated carbocycles. The van der Waals surface area contributed by atoms with E-state index in [0.717, 1.165) is 0 Å². The highest BCUT2D eigenvalue weighted by Crippen LogP contribution is 2.31. The van der Waals surface area contributed by atoms with Crippen LogP contribution in [0.5, 0.6) is 0 Å². The van der Waals surface area contributed by atoms with Gasteiger partial charge in [0.1, 0.15) is 4.34 Å². The fourth-order valence-electron chi connectivity index (χ4n) is 2.22. The van der Waals surface area contributed by atoms with Gasteiger partial charge in [0.25, 0.3) is 0 Å². The first-order valence-corrected chi connectivity index (χ1v) is 7.38. The van der Waals surface area contributed by atoms with E-state index in [1.165, 1.54) is 11.3 Å². The molecule has 1 aliphatic rings. The third-order valence-corrected chi connectivity index (χ3v) is 4.71. The average molecular weight is 324 g/mol. The maximum absolute atomic E-state index is 12.2. The van der Waals surface area contributed by atoms with Crippen molar-refractivity contribution in [3.8, 4) is 0 Å². The predicted molar refractivity (Wildman–Crippen MR) is 76.7 cm³/mol. The molecule has 1 aromatic heterocycles. The number of thiophene rings is 1.